The summed E-state index contributed by atoms with van der Waals surface area (Å²) in [6.45, 7) is 6.63. The van der Waals surface area contributed by atoms with Crippen molar-refractivity contribution in [2.45, 2.75) is 58.9 Å². The highest BCUT2D eigenvalue weighted by atomic mass is 16.2. The van der Waals surface area contributed by atoms with Crippen molar-refractivity contribution >= 4 is 29.1 Å². The number of benzene rings is 1. The van der Waals surface area contributed by atoms with Gasteiger partial charge in [-0.05, 0) is 49.9 Å². The molecular formula is C22H32N4O3. The van der Waals surface area contributed by atoms with E-state index in [4.69, 9.17) is 5.73 Å². The molecule has 0 bridgehead atoms. The largest absolute Gasteiger partial charge is 0.351 e. The second-order valence-corrected chi connectivity index (χ2v) is 8.99. The highest BCUT2D eigenvalue weighted by Gasteiger charge is 2.37. The fraction of sp³-hybridized carbons (Fsp3) is 0.591. The van der Waals surface area contributed by atoms with Gasteiger partial charge in [0.1, 0.15) is 6.04 Å². The van der Waals surface area contributed by atoms with Crippen molar-refractivity contribution in [2.24, 2.45) is 17.1 Å². The Labute approximate surface area is 172 Å². The molecule has 158 valence electrons. The van der Waals surface area contributed by atoms with Crippen molar-refractivity contribution in [1.29, 1.82) is 0 Å². The SMILES string of the molecule is CC1C(=O)Nc2cc(C(=O)NCC(C)(C)CN)ccc2N1C(=O)C1CCCCC1. The van der Waals surface area contributed by atoms with E-state index in [1.54, 1.807) is 30.0 Å². The predicted molar refractivity (Wildman–Crippen MR) is 114 cm³/mol. The van der Waals surface area contributed by atoms with Crippen LogP contribution in [-0.4, -0.2) is 36.9 Å². The number of carbonyl (C=O) groups excluding carboxylic acids is 3. The Morgan fingerprint density at radius 2 is 1.93 bits per heavy atom. The minimum Gasteiger partial charge on any atom is -0.351 e. The number of nitrogens with one attached hydrogen (secondary N) is 2. The van der Waals surface area contributed by atoms with Gasteiger partial charge in [0.2, 0.25) is 11.8 Å². The van der Waals surface area contributed by atoms with Crippen LogP contribution in [0.2, 0.25) is 0 Å². The Morgan fingerprint density at radius 1 is 1.24 bits per heavy atom. The summed E-state index contributed by atoms with van der Waals surface area (Å²) >= 11 is 0. The molecule has 3 amide bonds. The Bertz CT molecular complexity index is 799. The molecule has 1 fully saturated rings. The molecule has 2 aliphatic rings. The Hall–Kier alpha value is -2.41. The van der Waals surface area contributed by atoms with E-state index < -0.39 is 6.04 Å². The molecule has 0 aromatic heterocycles. The summed E-state index contributed by atoms with van der Waals surface area (Å²) in [6, 6.07) is 4.54. The van der Waals surface area contributed by atoms with Gasteiger partial charge in [-0.2, -0.15) is 0 Å². The fourth-order valence-electron chi connectivity index (χ4n) is 3.90. The average molecular weight is 401 g/mol. The number of anilines is 2. The summed E-state index contributed by atoms with van der Waals surface area (Å²) < 4.78 is 0. The number of amides is 3. The number of nitrogens with zero attached hydrogens (tertiary/aromatic N) is 1. The Morgan fingerprint density at radius 3 is 2.59 bits per heavy atom. The number of rotatable bonds is 5. The Balaban J connectivity index is 1.83. The lowest BCUT2D eigenvalue weighted by atomic mass is 9.87. The number of nitrogens with two attached hydrogens (primary N) is 1. The highest BCUT2D eigenvalue weighted by molar-refractivity contribution is 6.13. The molecule has 29 heavy (non-hydrogen) atoms. The first-order chi connectivity index (χ1) is 13.7. The van der Waals surface area contributed by atoms with E-state index in [1.165, 1.54) is 0 Å². The molecule has 1 aliphatic heterocycles. The third-order valence-corrected chi connectivity index (χ3v) is 6.01. The molecule has 3 rings (SSSR count). The van der Waals surface area contributed by atoms with Crippen LogP contribution in [0.5, 0.6) is 0 Å². The topological polar surface area (TPSA) is 105 Å². The van der Waals surface area contributed by atoms with Crippen LogP contribution in [0.25, 0.3) is 0 Å². The van der Waals surface area contributed by atoms with E-state index in [0.29, 0.717) is 30.0 Å². The van der Waals surface area contributed by atoms with E-state index in [0.717, 1.165) is 32.1 Å². The maximum absolute atomic E-state index is 13.2. The van der Waals surface area contributed by atoms with Crippen LogP contribution in [0, 0.1) is 11.3 Å². The second-order valence-electron chi connectivity index (χ2n) is 8.99. The van der Waals surface area contributed by atoms with Gasteiger partial charge in [0.05, 0.1) is 11.4 Å². The summed E-state index contributed by atoms with van der Waals surface area (Å²) in [5.74, 6) is -0.488. The molecule has 0 radical (unpaired) electrons. The normalized spacial score (nSPS) is 20.1. The first-order valence-corrected chi connectivity index (χ1v) is 10.5. The minimum atomic E-state index is -0.568. The van der Waals surface area contributed by atoms with Crippen LogP contribution in [0.3, 0.4) is 0 Å². The summed E-state index contributed by atoms with van der Waals surface area (Å²) in [5.41, 5.74) is 7.12. The molecule has 1 unspecified atom stereocenters. The molecule has 1 heterocycles. The van der Waals surface area contributed by atoms with Gasteiger partial charge in [-0.3, -0.25) is 19.3 Å². The van der Waals surface area contributed by atoms with Gasteiger partial charge in [-0.25, -0.2) is 0 Å². The lowest BCUT2D eigenvalue weighted by Gasteiger charge is -2.37. The van der Waals surface area contributed by atoms with E-state index in [2.05, 4.69) is 10.6 Å². The van der Waals surface area contributed by atoms with E-state index in [1.807, 2.05) is 13.8 Å². The van der Waals surface area contributed by atoms with Gasteiger partial charge in [0.15, 0.2) is 0 Å². The molecule has 7 nitrogen and oxygen atoms in total. The number of fused-ring (bicyclic) bond motifs is 1. The van der Waals surface area contributed by atoms with Gasteiger partial charge in [-0.15, -0.1) is 0 Å². The van der Waals surface area contributed by atoms with Crippen molar-refractivity contribution in [3.05, 3.63) is 23.8 Å². The molecule has 7 heteroatoms. The van der Waals surface area contributed by atoms with Gasteiger partial charge >= 0.3 is 0 Å². The molecular weight excluding hydrogens is 368 g/mol. The smallest absolute Gasteiger partial charge is 0.251 e. The van der Waals surface area contributed by atoms with Gasteiger partial charge in [0, 0.05) is 18.0 Å². The third kappa shape index (κ3) is 4.61. The van der Waals surface area contributed by atoms with E-state index >= 15 is 0 Å². The van der Waals surface area contributed by atoms with Crippen LogP contribution in [0.4, 0.5) is 11.4 Å². The number of hydrogen-bond acceptors (Lipinski definition) is 4. The summed E-state index contributed by atoms with van der Waals surface area (Å²) in [5, 5.41) is 5.73. The van der Waals surface area contributed by atoms with Gasteiger partial charge in [0.25, 0.3) is 5.91 Å². The van der Waals surface area contributed by atoms with E-state index in [-0.39, 0.29) is 29.1 Å². The minimum absolute atomic E-state index is 0.00944. The number of carbonyl (C=O) groups is 3. The second kappa shape index (κ2) is 8.53. The van der Waals surface area contributed by atoms with Crippen LogP contribution in [0.15, 0.2) is 18.2 Å². The molecule has 4 N–H and O–H groups in total. The molecule has 1 aromatic carbocycles. The van der Waals surface area contributed by atoms with E-state index in [9.17, 15) is 14.4 Å². The molecule has 1 atom stereocenters. The van der Waals surface area contributed by atoms with Gasteiger partial charge < -0.3 is 16.4 Å². The maximum atomic E-state index is 13.2. The lowest BCUT2D eigenvalue weighted by molar-refractivity contribution is -0.126. The van der Waals surface area contributed by atoms with Crippen molar-refractivity contribution in [3.63, 3.8) is 0 Å². The summed E-state index contributed by atoms with van der Waals surface area (Å²) in [6.07, 6.45) is 5.01. The fourth-order valence-corrected chi connectivity index (χ4v) is 3.90. The maximum Gasteiger partial charge on any atom is 0.251 e. The van der Waals surface area contributed by atoms with Gasteiger partial charge in [-0.1, -0.05) is 33.1 Å². The highest BCUT2D eigenvalue weighted by Crippen LogP contribution is 2.36. The molecule has 0 spiro atoms. The van der Waals surface area contributed by atoms with Crippen molar-refractivity contribution < 1.29 is 14.4 Å². The Kier molecular flexibility index (Phi) is 6.27. The lowest BCUT2D eigenvalue weighted by Crippen LogP contribution is -2.51. The van der Waals surface area contributed by atoms with Crippen molar-refractivity contribution in [2.75, 3.05) is 23.3 Å². The average Bonchev–Trinajstić information content (AvgIpc) is 2.73. The van der Waals surface area contributed by atoms with Crippen LogP contribution >= 0.6 is 0 Å². The monoisotopic (exact) mass is 400 g/mol. The van der Waals surface area contributed by atoms with Crippen molar-refractivity contribution in [1.82, 2.24) is 5.32 Å². The zero-order chi connectivity index (χ0) is 21.2. The van der Waals surface area contributed by atoms with Crippen molar-refractivity contribution in [3.8, 4) is 0 Å². The first-order valence-electron chi connectivity index (χ1n) is 10.5. The zero-order valence-electron chi connectivity index (χ0n) is 17.6. The molecule has 0 saturated heterocycles. The first kappa shape index (κ1) is 21.3. The third-order valence-electron chi connectivity index (χ3n) is 6.01. The molecule has 1 aliphatic carbocycles. The molecule has 1 aromatic rings. The van der Waals surface area contributed by atoms with Crippen LogP contribution in [0.1, 0.15) is 63.2 Å². The zero-order valence-corrected chi connectivity index (χ0v) is 17.6. The predicted octanol–water partition coefficient (Wildman–Crippen LogP) is 2.66. The summed E-state index contributed by atoms with van der Waals surface area (Å²) in [7, 11) is 0. The standard InChI is InChI=1S/C22H32N4O3/c1-14-19(27)25-17-11-16(20(28)24-13-22(2,3)12-23)9-10-18(17)26(14)21(29)15-7-5-4-6-8-15/h9-11,14-15H,4-8,12-13,23H2,1-3H3,(H,24,28)(H,25,27). The molecule has 1 saturated carbocycles. The van der Waals surface area contributed by atoms with Crippen LogP contribution in [-0.2, 0) is 9.59 Å². The summed E-state index contributed by atoms with van der Waals surface area (Å²) in [4.78, 5) is 39.9. The van der Waals surface area contributed by atoms with Crippen LogP contribution < -0.4 is 21.3 Å². The quantitative estimate of drug-likeness (QED) is 0.707. The number of hydrogen-bond donors (Lipinski definition) is 3.